The van der Waals surface area contributed by atoms with Crippen LogP contribution in [0.15, 0.2) is 194 Å². The van der Waals surface area contributed by atoms with E-state index in [-0.39, 0.29) is 0 Å². The Balaban J connectivity index is 1.14. The highest BCUT2D eigenvalue weighted by Gasteiger charge is 2.31. The lowest BCUT2D eigenvalue weighted by Crippen LogP contribution is -2.11. The number of fused-ring (bicyclic) bond motifs is 10. The van der Waals surface area contributed by atoms with Gasteiger partial charge >= 0.3 is 0 Å². The van der Waals surface area contributed by atoms with Crippen LogP contribution in [0.1, 0.15) is 0 Å². The number of pyridine rings is 1. The van der Waals surface area contributed by atoms with Crippen LogP contribution in [-0.4, -0.2) is 14.1 Å². The molecule has 53 heavy (non-hydrogen) atoms. The molecule has 7 aromatic carbocycles. The van der Waals surface area contributed by atoms with E-state index in [1.54, 1.807) is 0 Å². The summed E-state index contributed by atoms with van der Waals surface area (Å²) in [6.07, 6.45) is 0. The van der Waals surface area contributed by atoms with Crippen LogP contribution in [0.2, 0.25) is 0 Å². The smallest absolute Gasteiger partial charge is 0.138 e. The fourth-order valence-electron chi connectivity index (χ4n) is 8.45. The van der Waals surface area contributed by atoms with Gasteiger partial charge in [0.05, 0.1) is 39.3 Å². The lowest BCUT2D eigenvalue weighted by molar-refractivity contribution is 1.05. The lowest BCUT2D eigenvalue weighted by Gasteiger charge is -2.27. The Bertz CT molecular complexity index is 2970. The first-order valence-corrected chi connectivity index (χ1v) is 18.1. The number of anilines is 3. The van der Waals surface area contributed by atoms with E-state index in [0.29, 0.717) is 0 Å². The van der Waals surface area contributed by atoms with Crippen LogP contribution in [0.4, 0.5) is 17.1 Å². The Morgan fingerprint density at radius 2 is 0.925 bits per heavy atom. The van der Waals surface area contributed by atoms with Crippen molar-refractivity contribution in [3.05, 3.63) is 194 Å². The van der Waals surface area contributed by atoms with Crippen molar-refractivity contribution in [2.75, 3.05) is 4.90 Å². The lowest BCUT2D eigenvalue weighted by atomic mass is 9.98. The summed E-state index contributed by atoms with van der Waals surface area (Å²) in [5.74, 6) is 0.877. The Morgan fingerprint density at radius 3 is 1.66 bits per heavy atom. The fourth-order valence-corrected chi connectivity index (χ4v) is 8.45. The molecule has 0 bridgehead atoms. The number of nitrogens with zero attached hydrogens (tertiary/aromatic N) is 4. The van der Waals surface area contributed by atoms with Gasteiger partial charge in [-0.25, -0.2) is 4.98 Å². The van der Waals surface area contributed by atoms with E-state index >= 15 is 0 Å². The van der Waals surface area contributed by atoms with Crippen molar-refractivity contribution < 1.29 is 0 Å². The number of rotatable bonds is 4. The van der Waals surface area contributed by atoms with Crippen LogP contribution in [-0.2, 0) is 0 Å². The fraction of sp³-hybridized carbons (Fsp3) is 0. The molecule has 4 heteroatoms. The first kappa shape index (κ1) is 29.5. The second-order valence-electron chi connectivity index (χ2n) is 13.6. The predicted octanol–water partition coefficient (Wildman–Crippen LogP) is 12.9. The molecule has 0 N–H and O–H groups in total. The van der Waals surface area contributed by atoms with Crippen molar-refractivity contribution >= 4 is 49.8 Å². The van der Waals surface area contributed by atoms with Gasteiger partial charge in [0.1, 0.15) is 5.82 Å². The van der Waals surface area contributed by atoms with E-state index in [2.05, 4.69) is 208 Å². The van der Waals surface area contributed by atoms with Gasteiger partial charge in [0, 0.05) is 49.8 Å². The maximum atomic E-state index is 5.47. The third-order valence-corrected chi connectivity index (χ3v) is 10.6. The van der Waals surface area contributed by atoms with Crippen molar-refractivity contribution in [3.63, 3.8) is 0 Å². The highest BCUT2D eigenvalue weighted by atomic mass is 15.2. The van der Waals surface area contributed by atoms with E-state index in [4.69, 9.17) is 4.98 Å². The maximum Gasteiger partial charge on any atom is 0.138 e. The predicted molar refractivity (Wildman–Crippen MR) is 220 cm³/mol. The molecule has 0 radical (unpaired) electrons. The molecule has 0 saturated carbocycles. The van der Waals surface area contributed by atoms with Gasteiger partial charge in [-0.3, -0.25) is 4.57 Å². The Morgan fingerprint density at radius 1 is 0.377 bits per heavy atom. The van der Waals surface area contributed by atoms with Crippen molar-refractivity contribution in [1.82, 2.24) is 14.1 Å². The molecule has 4 nitrogen and oxygen atoms in total. The number of aromatic nitrogens is 3. The highest BCUT2D eigenvalue weighted by molar-refractivity contribution is 6.13. The summed E-state index contributed by atoms with van der Waals surface area (Å²) in [6.45, 7) is 0. The first-order chi connectivity index (χ1) is 26.3. The van der Waals surface area contributed by atoms with Crippen molar-refractivity contribution in [1.29, 1.82) is 0 Å². The molecule has 0 spiro atoms. The van der Waals surface area contributed by atoms with E-state index < -0.39 is 0 Å². The first-order valence-electron chi connectivity index (χ1n) is 18.1. The van der Waals surface area contributed by atoms with Gasteiger partial charge < -0.3 is 9.47 Å². The standard InChI is InChI=1S/C49H32N4/c1-2-17-34(18-3-1)51-44-28-11-6-22-38(44)48-39-23-7-12-29-45(39)53(49(48)40-24-8-13-30-46(40)51)47-31-15-25-41(50-47)33-16-14-19-35(32-33)52-42-26-9-4-20-36(42)37-21-5-10-27-43(37)52/h1-32H. The molecular weight excluding hydrogens is 645 g/mol. The Kier molecular flexibility index (Phi) is 6.52. The molecule has 3 aromatic heterocycles. The zero-order chi connectivity index (χ0) is 34.9. The molecule has 0 saturated heterocycles. The summed E-state index contributed by atoms with van der Waals surface area (Å²) in [4.78, 5) is 7.86. The maximum absolute atomic E-state index is 5.47. The zero-order valence-corrected chi connectivity index (χ0v) is 28.8. The van der Waals surface area contributed by atoms with Crippen molar-refractivity contribution in [2.45, 2.75) is 0 Å². The SMILES string of the molecule is c1ccc(N2c3ccccc3-c3c(n(-c4cccc(-c5cccc(-n6c7ccccc7c7ccccc76)c5)n4)c4ccccc34)-c3ccccc32)cc1. The summed E-state index contributed by atoms with van der Waals surface area (Å²) in [6, 6.07) is 69.5. The van der Waals surface area contributed by atoms with Crippen LogP contribution in [0, 0.1) is 0 Å². The summed E-state index contributed by atoms with van der Waals surface area (Å²) in [5, 5.41) is 3.70. The van der Waals surface area contributed by atoms with Crippen LogP contribution >= 0.6 is 0 Å². The molecule has 0 unspecified atom stereocenters. The zero-order valence-electron chi connectivity index (χ0n) is 28.8. The average molecular weight is 677 g/mol. The second-order valence-corrected chi connectivity index (χ2v) is 13.6. The normalized spacial score (nSPS) is 12.1. The molecule has 0 atom stereocenters. The number of hydrogen-bond donors (Lipinski definition) is 0. The van der Waals surface area contributed by atoms with E-state index in [1.165, 1.54) is 38.3 Å². The van der Waals surface area contributed by atoms with Crippen LogP contribution in [0.5, 0.6) is 0 Å². The number of hydrogen-bond acceptors (Lipinski definition) is 2. The largest absolute Gasteiger partial charge is 0.309 e. The topological polar surface area (TPSA) is 26.0 Å². The molecule has 1 aliphatic rings. The molecule has 0 aliphatic carbocycles. The third-order valence-electron chi connectivity index (χ3n) is 10.6. The molecule has 11 rings (SSSR count). The van der Waals surface area contributed by atoms with Gasteiger partial charge in [-0.2, -0.15) is 0 Å². The molecule has 4 heterocycles. The molecular formula is C49H32N4. The van der Waals surface area contributed by atoms with Gasteiger partial charge in [0.25, 0.3) is 0 Å². The van der Waals surface area contributed by atoms with Gasteiger partial charge in [-0.1, -0.05) is 127 Å². The minimum absolute atomic E-state index is 0.877. The quantitative estimate of drug-likeness (QED) is 0.185. The summed E-state index contributed by atoms with van der Waals surface area (Å²) >= 11 is 0. The van der Waals surface area contributed by atoms with Crippen LogP contribution < -0.4 is 4.90 Å². The van der Waals surface area contributed by atoms with E-state index in [0.717, 1.165) is 56.6 Å². The molecule has 10 aromatic rings. The highest BCUT2D eigenvalue weighted by Crippen LogP contribution is 2.54. The monoisotopic (exact) mass is 676 g/mol. The summed E-state index contributed by atoms with van der Waals surface area (Å²) in [7, 11) is 0. The number of para-hydroxylation sites is 6. The average Bonchev–Trinajstić information content (AvgIpc) is 3.71. The molecule has 248 valence electrons. The Hall–Kier alpha value is -7.17. The van der Waals surface area contributed by atoms with E-state index in [9.17, 15) is 0 Å². The molecule has 0 fully saturated rings. The minimum atomic E-state index is 0.877. The van der Waals surface area contributed by atoms with E-state index in [1.807, 2.05) is 0 Å². The van der Waals surface area contributed by atoms with Gasteiger partial charge in [0.15, 0.2) is 0 Å². The summed E-state index contributed by atoms with van der Waals surface area (Å²) in [5.41, 5.74) is 14.7. The minimum Gasteiger partial charge on any atom is -0.309 e. The van der Waals surface area contributed by atoms with Gasteiger partial charge in [-0.15, -0.1) is 0 Å². The Labute approximate surface area is 307 Å². The molecule has 0 amide bonds. The van der Waals surface area contributed by atoms with Gasteiger partial charge in [-0.05, 0) is 66.7 Å². The summed E-state index contributed by atoms with van der Waals surface area (Å²) < 4.78 is 4.74. The van der Waals surface area contributed by atoms with Crippen molar-refractivity contribution in [2.24, 2.45) is 0 Å². The number of benzene rings is 7. The second kappa shape index (κ2) is 11.7. The van der Waals surface area contributed by atoms with Crippen molar-refractivity contribution in [3.8, 4) is 45.1 Å². The third kappa shape index (κ3) is 4.46. The van der Waals surface area contributed by atoms with Gasteiger partial charge in [0.2, 0.25) is 0 Å². The molecule has 1 aliphatic heterocycles. The van der Waals surface area contributed by atoms with Crippen LogP contribution in [0.3, 0.4) is 0 Å². The van der Waals surface area contributed by atoms with Crippen LogP contribution in [0.25, 0.3) is 77.9 Å².